The summed E-state index contributed by atoms with van der Waals surface area (Å²) in [4.78, 5) is 0. The van der Waals surface area contributed by atoms with Crippen molar-refractivity contribution in [2.24, 2.45) is 11.3 Å². The van der Waals surface area contributed by atoms with Crippen LogP contribution in [0.25, 0.3) is 0 Å². The molecule has 1 unspecified atom stereocenters. The quantitative estimate of drug-likeness (QED) is 0.525. The highest BCUT2D eigenvalue weighted by Crippen LogP contribution is 2.29. The number of halogens is 1. The Hall–Kier alpha value is 0.440. The van der Waals surface area contributed by atoms with Crippen LogP contribution in [-0.2, 0) is 4.74 Å². The Morgan fingerprint density at radius 3 is 2.25 bits per heavy atom. The molecule has 0 aliphatic rings. The topological polar surface area (TPSA) is 9.23 Å². The Morgan fingerprint density at radius 2 is 1.92 bits per heavy atom. The van der Waals surface area contributed by atoms with E-state index in [0.29, 0.717) is 11.3 Å². The maximum absolute atomic E-state index is 5.34. The second-order valence-electron chi connectivity index (χ2n) is 4.20. The van der Waals surface area contributed by atoms with Gasteiger partial charge in [-0.2, -0.15) is 0 Å². The predicted molar refractivity (Wildman–Crippen MR) is 57.8 cm³/mol. The van der Waals surface area contributed by atoms with Crippen LogP contribution < -0.4 is 0 Å². The van der Waals surface area contributed by atoms with Crippen LogP contribution in [0.2, 0.25) is 0 Å². The SMILES string of the molecule is CCOCCC(CBr)C(C)(C)C. The summed E-state index contributed by atoms with van der Waals surface area (Å²) in [6, 6.07) is 0. The van der Waals surface area contributed by atoms with Gasteiger partial charge in [-0.05, 0) is 24.7 Å². The summed E-state index contributed by atoms with van der Waals surface area (Å²) < 4.78 is 5.34. The summed E-state index contributed by atoms with van der Waals surface area (Å²) in [5.74, 6) is 0.712. The predicted octanol–water partition coefficient (Wildman–Crippen LogP) is 3.47. The van der Waals surface area contributed by atoms with Crippen molar-refractivity contribution in [3.05, 3.63) is 0 Å². The number of hydrogen-bond donors (Lipinski definition) is 0. The molecule has 0 aromatic rings. The van der Waals surface area contributed by atoms with Crippen molar-refractivity contribution in [1.29, 1.82) is 0 Å². The standard InChI is InChI=1S/C10H21BrO/c1-5-12-7-6-9(8-11)10(2,3)4/h9H,5-8H2,1-4H3. The van der Waals surface area contributed by atoms with Gasteiger partial charge in [0.15, 0.2) is 0 Å². The molecule has 0 N–H and O–H groups in total. The lowest BCUT2D eigenvalue weighted by molar-refractivity contribution is 0.113. The molecule has 1 nitrogen and oxygen atoms in total. The third-order valence-electron chi connectivity index (χ3n) is 2.23. The molecular formula is C10H21BrO. The van der Waals surface area contributed by atoms with Crippen LogP contribution >= 0.6 is 15.9 Å². The van der Waals surface area contributed by atoms with Gasteiger partial charge in [0.05, 0.1) is 0 Å². The van der Waals surface area contributed by atoms with Crippen molar-refractivity contribution in [2.75, 3.05) is 18.5 Å². The Morgan fingerprint density at radius 1 is 1.33 bits per heavy atom. The molecule has 0 spiro atoms. The molecule has 0 aromatic carbocycles. The summed E-state index contributed by atoms with van der Waals surface area (Å²) in [5.41, 5.74) is 0.389. The third-order valence-corrected chi connectivity index (χ3v) is 3.01. The van der Waals surface area contributed by atoms with E-state index in [9.17, 15) is 0 Å². The van der Waals surface area contributed by atoms with E-state index in [4.69, 9.17) is 4.74 Å². The fourth-order valence-corrected chi connectivity index (χ4v) is 2.41. The van der Waals surface area contributed by atoms with Gasteiger partial charge in [-0.25, -0.2) is 0 Å². The maximum Gasteiger partial charge on any atom is 0.0469 e. The normalized spacial score (nSPS) is 14.8. The molecule has 74 valence electrons. The van der Waals surface area contributed by atoms with Gasteiger partial charge in [-0.3, -0.25) is 0 Å². The minimum atomic E-state index is 0.389. The van der Waals surface area contributed by atoms with Gasteiger partial charge in [0.1, 0.15) is 0 Å². The van der Waals surface area contributed by atoms with Crippen molar-refractivity contribution >= 4 is 15.9 Å². The molecule has 0 saturated carbocycles. The Kier molecular flexibility index (Phi) is 6.20. The van der Waals surface area contributed by atoms with E-state index in [-0.39, 0.29) is 0 Å². The smallest absolute Gasteiger partial charge is 0.0469 e. The van der Waals surface area contributed by atoms with Gasteiger partial charge in [0.2, 0.25) is 0 Å². The molecule has 0 heterocycles. The maximum atomic E-state index is 5.34. The largest absolute Gasteiger partial charge is 0.382 e. The van der Waals surface area contributed by atoms with Crippen molar-refractivity contribution in [3.63, 3.8) is 0 Å². The van der Waals surface area contributed by atoms with Crippen molar-refractivity contribution in [2.45, 2.75) is 34.1 Å². The molecule has 0 saturated heterocycles. The zero-order chi connectivity index (χ0) is 9.61. The molecule has 0 radical (unpaired) electrons. The van der Waals surface area contributed by atoms with E-state index in [2.05, 4.69) is 36.7 Å². The van der Waals surface area contributed by atoms with E-state index in [1.807, 2.05) is 6.92 Å². The Labute approximate surface area is 85.0 Å². The summed E-state index contributed by atoms with van der Waals surface area (Å²) in [6.45, 7) is 10.6. The molecule has 2 heteroatoms. The highest BCUT2D eigenvalue weighted by molar-refractivity contribution is 9.09. The molecule has 0 bridgehead atoms. The first-order chi connectivity index (χ1) is 5.52. The van der Waals surface area contributed by atoms with E-state index in [1.165, 1.54) is 0 Å². The first-order valence-electron chi connectivity index (χ1n) is 4.66. The van der Waals surface area contributed by atoms with E-state index in [1.54, 1.807) is 0 Å². The van der Waals surface area contributed by atoms with Gasteiger partial charge < -0.3 is 4.74 Å². The van der Waals surface area contributed by atoms with Crippen LogP contribution in [0.1, 0.15) is 34.1 Å². The minimum Gasteiger partial charge on any atom is -0.382 e. The lowest BCUT2D eigenvalue weighted by Crippen LogP contribution is -2.23. The second kappa shape index (κ2) is 5.98. The van der Waals surface area contributed by atoms with Crippen LogP contribution in [0.15, 0.2) is 0 Å². The third kappa shape index (κ3) is 5.15. The molecule has 0 rings (SSSR count). The number of hydrogen-bond acceptors (Lipinski definition) is 1. The average Bonchev–Trinajstić information content (AvgIpc) is 1.95. The lowest BCUT2D eigenvalue weighted by Gasteiger charge is -2.28. The number of ether oxygens (including phenoxy) is 1. The van der Waals surface area contributed by atoms with E-state index in [0.717, 1.165) is 25.0 Å². The monoisotopic (exact) mass is 236 g/mol. The zero-order valence-electron chi connectivity index (χ0n) is 8.69. The molecule has 0 fully saturated rings. The summed E-state index contributed by atoms with van der Waals surface area (Å²) in [5, 5.41) is 1.07. The molecular weight excluding hydrogens is 216 g/mol. The Balaban J connectivity index is 3.68. The lowest BCUT2D eigenvalue weighted by atomic mass is 9.80. The van der Waals surface area contributed by atoms with Gasteiger partial charge in [0, 0.05) is 18.5 Å². The van der Waals surface area contributed by atoms with Gasteiger partial charge >= 0.3 is 0 Å². The molecule has 0 aliphatic carbocycles. The minimum absolute atomic E-state index is 0.389. The zero-order valence-corrected chi connectivity index (χ0v) is 10.3. The van der Waals surface area contributed by atoms with Crippen LogP contribution in [0.5, 0.6) is 0 Å². The molecule has 0 aliphatic heterocycles. The summed E-state index contributed by atoms with van der Waals surface area (Å²) in [7, 11) is 0. The molecule has 0 amide bonds. The summed E-state index contributed by atoms with van der Waals surface area (Å²) in [6.07, 6.45) is 1.16. The van der Waals surface area contributed by atoms with Gasteiger partial charge in [-0.15, -0.1) is 0 Å². The first kappa shape index (κ1) is 12.4. The number of rotatable bonds is 5. The van der Waals surface area contributed by atoms with Crippen LogP contribution in [0.3, 0.4) is 0 Å². The summed E-state index contributed by atoms with van der Waals surface area (Å²) >= 11 is 3.55. The van der Waals surface area contributed by atoms with Gasteiger partial charge in [-0.1, -0.05) is 36.7 Å². The molecule has 12 heavy (non-hydrogen) atoms. The average molecular weight is 237 g/mol. The van der Waals surface area contributed by atoms with Crippen LogP contribution in [0.4, 0.5) is 0 Å². The van der Waals surface area contributed by atoms with Crippen molar-refractivity contribution in [1.82, 2.24) is 0 Å². The van der Waals surface area contributed by atoms with E-state index < -0.39 is 0 Å². The highest BCUT2D eigenvalue weighted by Gasteiger charge is 2.22. The second-order valence-corrected chi connectivity index (χ2v) is 4.85. The fourth-order valence-electron chi connectivity index (χ4n) is 1.11. The molecule has 0 aromatic heterocycles. The Bertz CT molecular complexity index is 107. The molecule has 1 atom stereocenters. The van der Waals surface area contributed by atoms with Gasteiger partial charge in [0.25, 0.3) is 0 Å². The van der Waals surface area contributed by atoms with Crippen LogP contribution in [0, 0.1) is 11.3 Å². The van der Waals surface area contributed by atoms with E-state index >= 15 is 0 Å². The van der Waals surface area contributed by atoms with Crippen LogP contribution in [-0.4, -0.2) is 18.5 Å². The first-order valence-corrected chi connectivity index (χ1v) is 5.78. The van der Waals surface area contributed by atoms with Crippen molar-refractivity contribution < 1.29 is 4.74 Å². The van der Waals surface area contributed by atoms with Crippen molar-refractivity contribution in [3.8, 4) is 0 Å². The fraction of sp³-hybridized carbons (Fsp3) is 1.00. The highest BCUT2D eigenvalue weighted by atomic mass is 79.9. The number of alkyl halides is 1.